The maximum absolute atomic E-state index is 15.9. The van der Waals surface area contributed by atoms with Crippen LogP contribution in [0.15, 0.2) is 60.3 Å². The van der Waals surface area contributed by atoms with Crippen molar-refractivity contribution >= 4 is 5.78 Å². The Labute approximate surface area is 256 Å². The molecule has 6 unspecified atom stereocenters. The topological polar surface area (TPSA) is 82.0 Å². The molecular formula is C34H42F4N2O4. The van der Waals surface area contributed by atoms with Gasteiger partial charge in [0.15, 0.2) is 5.78 Å². The van der Waals surface area contributed by atoms with Crippen LogP contribution in [0.2, 0.25) is 0 Å². The van der Waals surface area contributed by atoms with E-state index < -0.39 is 41.4 Å². The first-order valence-corrected chi connectivity index (χ1v) is 14.8. The van der Waals surface area contributed by atoms with Crippen LogP contribution in [0.25, 0.3) is 0 Å². The molecule has 1 aromatic carbocycles. The summed E-state index contributed by atoms with van der Waals surface area (Å²) in [5, 5.41) is 25.6. The molecule has 4 aliphatic carbocycles. The van der Waals surface area contributed by atoms with Crippen LogP contribution >= 0.6 is 0 Å². The Morgan fingerprint density at radius 1 is 1.20 bits per heavy atom. The summed E-state index contributed by atoms with van der Waals surface area (Å²) in [5.74, 6) is -1.37. The van der Waals surface area contributed by atoms with Gasteiger partial charge in [-0.1, -0.05) is 45.6 Å². The number of hydroxylamine groups is 2. The van der Waals surface area contributed by atoms with Gasteiger partial charge in [0.05, 0.1) is 6.10 Å². The molecule has 0 spiro atoms. The average molecular weight is 619 g/mol. The van der Waals surface area contributed by atoms with Gasteiger partial charge in [0, 0.05) is 36.0 Å². The number of phenols is 1. The van der Waals surface area contributed by atoms with Gasteiger partial charge < -0.3 is 15.5 Å². The summed E-state index contributed by atoms with van der Waals surface area (Å²) in [7, 11) is 1.69. The highest BCUT2D eigenvalue weighted by molar-refractivity contribution is 6.01. The molecule has 6 nitrogen and oxygen atoms in total. The van der Waals surface area contributed by atoms with Crippen molar-refractivity contribution in [2.45, 2.75) is 70.6 Å². The van der Waals surface area contributed by atoms with Crippen LogP contribution < -0.4 is 5.32 Å². The predicted molar refractivity (Wildman–Crippen MR) is 159 cm³/mol. The molecule has 4 aliphatic rings. The van der Waals surface area contributed by atoms with E-state index in [9.17, 15) is 28.2 Å². The molecule has 0 amide bonds. The lowest BCUT2D eigenvalue weighted by atomic mass is 9.46. The van der Waals surface area contributed by atoms with E-state index >= 15 is 4.39 Å². The molecule has 0 heterocycles. The number of hydrogen-bond donors (Lipinski definition) is 3. The Bertz CT molecular complexity index is 1340. The van der Waals surface area contributed by atoms with Crippen molar-refractivity contribution in [1.29, 1.82) is 0 Å². The number of benzene rings is 1. The highest BCUT2D eigenvalue weighted by atomic mass is 19.4. The second-order valence-corrected chi connectivity index (χ2v) is 13.2. The normalized spacial score (nSPS) is 37.6. The first-order chi connectivity index (χ1) is 20.5. The number of aromatic hydroxyl groups is 1. The third-order valence-corrected chi connectivity index (χ3v) is 10.6. The van der Waals surface area contributed by atoms with E-state index in [2.05, 4.69) is 24.7 Å². The molecule has 0 radical (unpaired) electrons. The van der Waals surface area contributed by atoms with Crippen molar-refractivity contribution in [1.82, 2.24) is 10.4 Å². The Balaban J connectivity index is 0.00000216. The van der Waals surface area contributed by atoms with Gasteiger partial charge in [0.25, 0.3) is 0 Å². The summed E-state index contributed by atoms with van der Waals surface area (Å²) in [4.78, 5) is 18.9. The molecule has 9 atom stereocenters. The summed E-state index contributed by atoms with van der Waals surface area (Å²) >= 11 is 0. The molecule has 0 saturated heterocycles. The number of terminal acetylenes is 1. The number of fused-ring (bicyclic) bond motifs is 5. The quantitative estimate of drug-likeness (QED) is 0.201. The van der Waals surface area contributed by atoms with Gasteiger partial charge in [-0.15, -0.1) is 12.8 Å². The van der Waals surface area contributed by atoms with Crippen molar-refractivity contribution in [2.24, 2.45) is 34.5 Å². The van der Waals surface area contributed by atoms with Crippen molar-refractivity contribution in [3.8, 4) is 18.6 Å². The van der Waals surface area contributed by atoms with E-state index in [1.54, 1.807) is 42.5 Å². The number of carbonyl (C=O) groups excluding carboxylic acids is 1. The minimum absolute atomic E-state index is 0.0723. The standard InChI is InChI=1S/C32H40F4N2O4.C2H2/c1-18-12-24-23-14-26(33)25-13-22(40)10-11-29(25,3)28(23)27(41)15-30(24,4)32(18,19(2)37-17-31(34,35)36)42-38(5)16-20-6-8-21(39)9-7-20;1-2/h6-11,13,18,23-24,26-28,37,39,41H,2,12,14-17H2,1,3-5H3;1-2H/t18-,23?,24?,26+,27?,28?,29?,30?,32+;/m1./s1. The van der Waals surface area contributed by atoms with Crippen LogP contribution in [0.4, 0.5) is 17.6 Å². The Kier molecular flexibility index (Phi) is 9.20. The maximum Gasteiger partial charge on any atom is 0.405 e. The number of ketones is 1. The van der Waals surface area contributed by atoms with Crippen LogP contribution in [-0.2, 0) is 16.2 Å². The number of hydrogen-bond acceptors (Lipinski definition) is 6. The zero-order valence-electron chi connectivity index (χ0n) is 25.6. The zero-order chi connectivity index (χ0) is 32.8. The number of nitrogens with zero attached hydrogens (tertiary/aromatic N) is 1. The monoisotopic (exact) mass is 618 g/mol. The number of allylic oxidation sites excluding steroid dienone is 4. The van der Waals surface area contributed by atoms with E-state index in [0.717, 1.165) is 5.56 Å². The van der Waals surface area contributed by atoms with E-state index in [4.69, 9.17) is 4.84 Å². The molecule has 44 heavy (non-hydrogen) atoms. The Morgan fingerprint density at radius 2 is 1.84 bits per heavy atom. The number of phenolic OH excluding ortho intramolecular Hbond substituents is 1. The average Bonchev–Trinajstić information content (AvgIpc) is 3.16. The fourth-order valence-electron chi connectivity index (χ4n) is 9.02. The van der Waals surface area contributed by atoms with Gasteiger partial charge in [0.1, 0.15) is 24.1 Å². The number of alkyl halides is 4. The van der Waals surface area contributed by atoms with Crippen LogP contribution in [0.3, 0.4) is 0 Å². The Morgan fingerprint density at radius 3 is 2.45 bits per heavy atom. The summed E-state index contributed by atoms with van der Waals surface area (Å²) in [5.41, 5.74) is -1.85. The van der Waals surface area contributed by atoms with Crippen LogP contribution in [-0.4, -0.2) is 58.7 Å². The minimum atomic E-state index is -4.49. The number of carbonyl (C=O) groups is 1. The molecule has 0 aromatic heterocycles. The molecule has 3 saturated carbocycles. The van der Waals surface area contributed by atoms with Gasteiger partial charge >= 0.3 is 6.18 Å². The smallest absolute Gasteiger partial charge is 0.405 e. The van der Waals surface area contributed by atoms with Crippen molar-refractivity contribution < 1.29 is 37.4 Å². The lowest BCUT2D eigenvalue weighted by Crippen LogP contribution is -2.64. The van der Waals surface area contributed by atoms with Gasteiger partial charge in [-0.3, -0.25) is 9.63 Å². The SMILES string of the molecule is C#C.C=C(NCC(F)(F)F)[C@@]1(ON(C)Cc2ccc(O)cc2)[C@H](C)CC2C3C[C@H](F)C4=CC(=O)C=CC4(C)C3C(O)CC21C. The van der Waals surface area contributed by atoms with Gasteiger partial charge in [-0.25, -0.2) is 4.39 Å². The number of nitrogens with one attached hydrogen (secondary N) is 1. The molecule has 1 aromatic rings. The fourth-order valence-corrected chi connectivity index (χ4v) is 9.02. The third kappa shape index (κ3) is 5.59. The molecule has 0 aliphatic heterocycles. The number of halogens is 4. The van der Waals surface area contributed by atoms with Gasteiger partial charge in [0.2, 0.25) is 0 Å². The molecule has 5 rings (SSSR count). The summed E-state index contributed by atoms with van der Waals surface area (Å²) in [6, 6.07) is 6.55. The fraction of sp³-hybridized carbons (Fsp3) is 0.559. The van der Waals surface area contributed by atoms with Crippen LogP contribution in [0.5, 0.6) is 5.75 Å². The van der Waals surface area contributed by atoms with E-state index in [-0.39, 0.29) is 60.3 Å². The van der Waals surface area contributed by atoms with E-state index in [1.807, 2.05) is 20.8 Å². The van der Waals surface area contributed by atoms with Crippen molar-refractivity contribution in [3.05, 3.63) is 65.9 Å². The van der Waals surface area contributed by atoms with Gasteiger partial charge in [-0.2, -0.15) is 18.2 Å². The highest BCUT2D eigenvalue weighted by Crippen LogP contribution is 2.70. The Hall–Kier alpha value is -3.13. The molecule has 10 heteroatoms. The zero-order valence-corrected chi connectivity index (χ0v) is 25.6. The molecular weight excluding hydrogens is 576 g/mol. The van der Waals surface area contributed by atoms with Crippen molar-refractivity contribution in [3.63, 3.8) is 0 Å². The molecule has 3 fully saturated rings. The number of aliphatic hydroxyl groups excluding tert-OH is 1. The predicted octanol–water partition coefficient (Wildman–Crippen LogP) is 5.88. The highest BCUT2D eigenvalue weighted by Gasteiger charge is 2.71. The minimum Gasteiger partial charge on any atom is -0.508 e. The first-order valence-electron chi connectivity index (χ1n) is 14.8. The lowest BCUT2D eigenvalue weighted by molar-refractivity contribution is -0.286. The van der Waals surface area contributed by atoms with Crippen LogP contribution in [0.1, 0.15) is 45.6 Å². The van der Waals surface area contributed by atoms with Crippen molar-refractivity contribution in [2.75, 3.05) is 13.6 Å². The summed E-state index contributed by atoms with van der Waals surface area (Å²) in [6.45, 7) is 8.79. The largest absolute Gasteiger partial charge is 0.508 e. The molecule has 0 bridgehead atoms. The third-order valence-electron chi connectivity index (χ3n) is 10.6. The lowest BCUT2D eigenvalue weighted by Gasteiger charge is -2.61. The summed E-state index contributed by atoms with van der Waals surface area (Å²) < 4.78 is 56.0. The van der Waals surface area contributed by atoms with E-state index in [0.29, 0.717) is 12.0 Å². The molecule has 3 N–H and O–H groups in total. The van der Waals surface area contributed by atoms with E-state index in [1.165, 1.54) is 12.2 Å². The maximum atomic E-state index is 15.9. The molecule has 240 valence electrons. The summed E-state index contributed by atoms with van der Waals surface area (Å²) in [6.07, 6.45) is 6.55. The number of aliphatic hydroxyl groups is 1. The van der Waals surface area contributed by atoms with Gasteiger partial charge in [-0.05, 0) is 72.4 Å². The van der Waals surface area contributed by atoms with Crippen LogP contribution in [0, 0.1) is 47.3 Å². The second-order valence-electron chi connectivity index (χ2n) is 13.2. The first kappa shape index (κ1) is 33.8. The second kappa shape index (κ2) is 12.0. The number of rotatable bonds is 7.